The molecule has 3 saturated heterocycles. The first kappa shape index (κ1) is 67.9. The Morgan fingerprint density at radius 3 is 1.67 bits per heavy atom. The highest BCUT2D eigenvalue weighted by Crippen LogP contribution is 2.32. The van der Waals surface area contributed by atoms with Crippen LogP contribution < -0.4 is 16.4 Å². The Morgan fingerprint density at radius 2 is 1.17 bits per heavy atom. The number of carbonyl (C=O) groups excluding carboxylic acids is 10. The van der Waals surface area contributed by atoms with Gasteiger partial charge in [0.2, 0.25) is 59.1 Å². The zero-order chi connectivity index (χ0) is 62.5. The van der Waals surface area contributed by atoms with E-state index in [0.717, 1.165) is 31.2 Å². The predicted molar refractivity (Wildman–Crippen MR) is 319 cm³/mol. The van der Waals surface area contributed by atoms with Crippen molar-refractivity contribution in [2.75, 3.05) is 47.9 Å². The summed E-state index contributed by atoms with van der Waals surface area (Å²) >= 11 is 0. The van der Waals surface area contributed by atoms with E-state index in [4.69, 9.17) is 10.5 Å². The molecular weight excluding hydrogens is 1070 g/mol. The minimum absolute atomic E-state index is 0.0169. The quantitative estimate of drug-likeness (QED) is 0.116. The summed E-state index contributed by atoms with van der Waals surface area (Å²) < 4.78 is 6.09. The molecule has 5 rings (SSSR count). The second kappa shape index (κ2) is 30.3. The zero-order valence-electron chi connectivity index (χ0n) is 52.3. The minimum atomic E-state index is -1.33. The molecule has 0 aliphatic carbocycles. The summed E-state index contributed by atoms with van der Waals surface area (Å²) in [4.78, 5) is 153. The highest BCUT2D eigenvalue weighted by atomic mass is 16.5. The van der Waals surface area contributed by atoms with E-state index in [-0.39, 0.29) is 68.8 Å². The first-order chi connectivity index (χ1) is 39.5. The normalized spacial score (nSPS) is 20.7. The third kappa shape index (κ3) is 17.6. The van der Waals surface area contributed by atoms with Gasteiger partial charge in [-0.3, -0.25) is 47.9 Å². The van der Waals surface area contributed by atoms with Crippen molar-refractivity contribution in [1.29, 1.82) is 0 Å². The fraction of sp³-hybridized carbons (Fsp3) is 0.651. The van der Waals surface area contributed by atoms with Crippen LogP contribution in [0.2, 0.25) is 0 Å². The van der Waals surface area contributed by atoms with Crippen LogP contribution in [0.15, 0.2) is 60.7 Å². The maximum atomic E-state index is 15.3. The minimum Gasteiger partial charge on any atom is -0.373 e. The molecule has 3 heterocycles. The smallest absolute Gasteiger partial charge is 0.247 e. The Kier molecular flexibility index (Phi) is 24.5. The van der Waals surface area contributed by atoms with Crippen LogP contribution in [0, 0.1) is 11.8 Å². The number of primary amides is 1. The number of nitrogens with zero attached hydrogens (tertiary/aromatic N) is 7. The number of likely N-dealkylation sites (N-methyl/N-ethyl adjacent to an activating group) is 4. The van der Waals surface area contributed by atoms with Gasteiger partial charge in [-0.05, 0) is 103 Å². The van der Waals surface area contributed by atoms with Gasteiger partial charge in [-0.25, -0.2) is 0 Å². The predicted octanol–water partition coefficient (Wildman–Crippen LogP) is 3.93. The lowest BCUT2D eigenvalue weighted by molar-refractivity contribution is -0.152. The van der Waals surface area contributed by atoms with E-state index in [9.17, 15) is 43.2 Å². The standard InChI is InChI=1S/C63H96N10O11/c1-15-40(4)32-54(75)67(11)49-33-41(5)73(61(49)82)52(60(81)71-29-23-18-24-30-71)37-53(74)65-43(7)57(78)70(14)50-34-42(6)72(62(50)83)51(31-39(2)3)59(80)69(13)48(36-45-27-21-17-22-28-45)56(77)66-46(38-84-63(8,9)10)58(79)68(12)47(55(64)76)35-44-25-19-16-20-26-44/h16-17,19-22,25-28,39-43,46-52H,15,18,23-24,29-38H2,1-14H3,(H2,64,76)(H,65,74)(H,66,77)/t40-,41?,42?,43-,46-,47-,48-,49-,50-,51-,52-/m0/s1. The van der Waals surface area contributed by atoms with Gasteiger partial charge < -0.3 is 55.4 Å². The molecule has 464 valence electrons. The molecule has 2 aromatic rings. The first-order valence-corrected chi connectivity index (χ1v) is 30.1. The number of amides is 10. The molecule has 11 atom stereocenters. The number of piperidine rings is 1. The average Bonchev–Trinajstić information content (AvgIpc) is 2.22. The van der Waals surface area contributed by atoms with Gasteiger partial charge >= 0.3 is 0 Å². The second-order valence-electron chi connectivity index (χ2n) is 25.1. The number of nitrogens with one attached hydrogen (secondary N) is 2. The molecule has 4 N–H and O–H groups in total. The topological polar surface area (TPSA) is 253 Å². The molecule has 21 heteroatoms. The fourth-order valence-corrected chi connectivity index (χ4v) is 11.7. The highest BCUT2D eigenvalue weighted by molar-refractivity contribution is 5.99. The summed E-state index contributed by atoms with van der Waals surface area (Å²) in [6.07, 6.45) is 3.89. The number of ether oxygens (including phenoxy) is 1. The van der Waals surface area contributed by atoms with Crippen molar-refractivity contribution < 1.29 is 52.7 Å². The third-order valence-corrected chi connectivity index (χ3v) is 16.9. The first-order valence-electron chi connectivity index (χ1n) is 30.1. The van der Waals surface area contributed by atoms with Crippen LogP contribution in [0.5, 0.6) is 0 Å². The fourth-order valence-electron chi connectivity index (χ4n) is 11.7. The number of rotatable bonds is 27. The molecule has 0 saturated carbocycles. The van der Waals surface area contributed by atoms with Gasteiger partial charge in [0.25, 0.3) is 0 Å². The Labute approximate surface area is 498 Å². The van der Waals surface area contributed by atoms with Crippen LogP contribution in [0.3, 0.4) is 0 Å². The second-order valence-corrected chi connectivity index (χ2v) is 25.1. The molecule has 10 amide bonds. The van der Waals surface area contributed by atoms with E-state index >= 15 is 4.79 Å². The van der Waals surface area contributed by atoms with Crippen molar-refractivity contribution in [2.24, 2.45) is 17.6 Å². The number of likely N-dealkylation sites (tertiary alicyclic amines) is 3. The molecule has 0 bridgehead atoms. The lowest BCUT2D eigenvalue weighted by Crippen LogP contribution is -2.61. The summed E-state index contributed by atoms with van der Waals surface area (Å²) in [6, 6.07) is 8.15. The molecule has 2 aromatic carbocycles. The van der Waals surface area contributed by atoms with Crippen LogP contribution in [0.4, 0.5) is 0 Å². The molecule has 0 aromatic heterocycles. The van der Waals surface area contributed by atoms with Crippen molar-refractivity contribution >= 4 is 59.1 Å². The van der Waals surface area contributed by atoms with E-state index in [0.29, 0.717) is 18.7 Å². The third-order valence-electron chi connectivity index (χ3n) is 16.9. The molecule has 21 nitrogen and oxygen atoms in total. The van der Waals surface area contributed by atoms with Gasteiger partial charge in [-0.2, -0.15) is 0 Å². The van der Waals surface area contributed by atoms with Crippen LogP contribution in [0.1, 0.15) is 138 Å². The lowest BCUT2D eigenvalue weighted by atomic mass is 9.98. The Bertz CT molecular complexity index is 2630. The molecule has 84 heavy (non-hydrogen) atoms. The number of hydrogen-bond acceptors (Lipinski definition) is 11. The molecular formula is C63H96N10O11. The van der Waals surface area contributed by atoms with Crippen molar-refractivity contribution in [3.8, 4) is 0 Å². The summed E-state index contributed by atoms with van der Waals surface area (Å²) in [5.74, 6) is -5.34. The van der Waals surface area contributed by atoms with E-state index < -0.39 is 120 Å². The Balaban J connectivity index is 1.36. The largest absolute Gasteiger partial charge is 0.373 e. The maximum absolute atomic E-state index is 15.3. The van der Waals surface area contributed by atoms with Gasteiger partial charge in [0, 0.05) is 72.6 Å². The van der Waals surface area contributed by atoms with Crippen molar-refractivity contribution in [1.82, 2.24) is 44.9 Å². The molecule has 3 aliphatic heterocycles. The highest BCUT2D eigenvalue weighted by Gasteiger charge is 2.50. The molecule has 0 spiro atoms. The Hall–Kier alpha value is -6.90. The summed E-state index contributed by atoms with van der Waals surface area (Å²) in [5.41, 5.74) is 6.61. The lowest BCUT2D eigenvalue weighted by Gasteiger charge is -2.38. The van der Waals surface area contributed by atoms with E-state index in [1.807, 2.05) is 83.1 Å². The zero-order valence-corrected chi connectivity index (χ0v) is 52.3. The average molecular weight is 1170 g/mol. The number of carbonyl (C=O) groups is 10. The molecule has 0 radical (unpaired) electrons. The van der Waals surface area contributed by atoms with Crippen molar-refractivity contribution in [3.05, 3.63) is 71.8 Å². The van der Waals surface area contributed by atoms with Gasteiger partial charge in [-0.1, -0.05) is 94.8 Å². The van der Waals surface area contributed by atoms with Crippen LogP contribution >= 0.6 is 0 Å². The number of nitrogens with two attached hydrogens (primary N) is 1. The van der Waals surface area contributed by atoms with Crippen LogP contribution in [0.25, 0.3) is 0 Å². The van der Waals surface area contributed by atoms with Gasteiger partial charge in [0.05, 0.1) is 18.6 Å². The molecule has 3 aliphatic rings. The monoisotopic (exact) mass is 1170 g/mol. The summed E-state index contributed by atoms with van der Waals surface area (Å²) in [5, 5.41) is 5.62. The number of benzene rings is 2. The van der Waals surface area contributed by atoms with Crippen molar-refractivity contribution in [3.63, 3.8) is 0 Å². The van der Waals surface area contributed by atoms with Crippen LogP contribution in [-0.4, -0.2) is 207 Å². The maximum Gasteiger partial charge on any atom is 0.247 e. The summed E-state index contributed by atoms with van der Waals surface area (Å²) in [6.45, 7) is 18.9. The molecule has 2 unspecified atom stereocenters. The van der Waals surface area contributed by atoms with Gasteiger partial charge in [0.15, 0.2) is 0 Å². The van der Waals surface area contributed by atoms with Gasteiger partial charge in [0.1, 0.15) is 48.3 Å². The van der Waals surface area contributed by atoms with E-state index in [2.05, 4.69) is 10.6 Å². The summed E-state index contributed by atoms with van der Waals surface area (Å²) in [7, 11) is 6.00. The SMILES string of the molecule is CC[C@H](C)CC(=O)N(C)[C@H]1CC(C)N([C@@H](CC(=O)N[C@@H](C)C(=O)N(C)[C@H]2CC(C)N([C@@H](CC(C)C)C(=O)N(C)[C@@H](Cc3ccccc3)C(=O)N[C@@H](COC(C)(C)C)C(=O)N(C)[C@@H](Cc3ccccc3)C(N)=O)C2=O)C(=O)N2CCCCC2)C1=O. The molecule has 3 fully saturated rings. The number of hydrogen-bond donors (Lipinski definition) is 3. The van der Waals surface area contributed by atoms with Crippen molar-refractivity contribution in [2.45, 2.75) is 206 Å². The van der Waals surface area contributed by atoms with E-state index in [1.165, 1.54) is 57.5 Å². The Morgan fingerprint density at radius 1 is 0.667 bits per heavy atom. The van der Waals surface area contributed by atoms with Crippen LogP contribution in [-0.2, 0) is 65.5 Å². The van der Waals surface area contributed by atoms with E-state index in [1.54, 1.807) is 51.8 Å². The van der Waals surface area contributed by atoms with Gasteiger partial charge in [-0.15, -0.1) is 0 Å².